The van der Waals surface area contributed by atoms with Crippen molar-refractivity contribution in [2.45, 2.75) is 72.5 Å². The highest BCUT2D eigenvalue weighted by Gasteiger charge is 2.27. The molecule has 3 unspecified atom stereocenters. The van der Waals surface area contributed by atoms with Gasteiger partial charge in [-0.2, -0.15) is 0 Å². The van der Waals surface area contributed by atoms with Gasteiger partial charge in [0.2, 0.25) is 0 Å². The Morgan fingerprint density at radius 1 is 1.11 bits per heavy atom. The molecule has 1 aromatic rings. The summed E-state index contributed by atoms with van der Waals surface area (Å²) in [6.45, 7) is 17.9. The molecule has 0 saturated heterocycles. The van der Waals surface area contributed by atoms with E-state index in [1.165, 1.54) is 31.2 Å². The SMILES string of the molecule is C=C.CC1CCCCC1C(C)c1cccc(C=O)c1.CCOC(C)OCC. The van der Waals surface area contributed by atoms with Crippen molar-refractivity contribution in [3.05, 3.63) is 48.6 Å². The lowest BCUT2D eigenvalue weighted by Crippen LogP contribution is -2.22. The second-order valence-corrected chi connectivity index (χ2v) is 6.98. The molecular weight excluding hydrogens is 336 g/mol. The van der Waals surface area contributed by atoms with Crippen LogP contribution in [-0.2, 0) is 9.47 Å². The summed E-state index contributed by atoms with van der Waals surface area (Å²) in [7, 11) is 0. The van der Waals surface area contributed by atoms with E-state index < -0.39 is 0 Å². The van der Waals surface area contributed by atoms with Gasteiger partial charge in [-0.25, -0.2) is 0 Å². The number of benzene rings is 1. The van der Waals surface area contributed by atoms with Crippen LogP contribution in [0.3, 0.4) is 0 Å². The van der Waals surface area contributed by atoms with E-state index in [-0.39, 0.29) is 6.29 Å². The van der Waals surface area contributed by atoms with Gasteiger partial charge in [-0.15, -0.1) is 13.2 Å². The predicted octanol–water partition coefficient (Wildman–Crippen LogP) is 6.64. The van der Waals surface area contributed by atoms with Crippen LogP contribution >= 0.6 is 0 Å². The Hall–Kier alpha value is -1.45. The molecule has 27 heavy (non-hydrogen) atoms. The summed E-state index contributed by atoms with van der Waals surface area (Å²) < 4.78 is 10.1. The van der Waals surface area contributed by atoms with Gasteiger partial charge < -0.3 is 9.47 Å². The van der Waals surface area contributed by atoms with E-state index in [0.29, 0.717) is 5.92 Å². The van der Waals surface area contributed by atoms with Crippen molar-refractivity contribution in [1.82, 2.24) is 0 Å². The largest absolute Gasteiger partial charge is 0.353 e. The summed E-state index contributed by atoms with van der Waals surface area (Å²) in [6, 6.07) is 8.11. The molecule has 0 spiro atoms. The Bertz CT molecular complexity index is 494. The van der Waals surface area contributed by atoms with Gasteiger partial charge in [0, 0.05) is 18.8 Å². The van der Waals surface area contributed by atoms with Gasteiger partial charge in [-0.1, -0.05) is 51.3 Å². The average molecular weight is 377 g/mol. The zero-order chi connectivity index (χ0) is 20.7. The first kappa shape index (κ1) is 25.6. The normalized spacial score (nSPS) is 19.9. The van der Waals surface area contributed by atoms with Crippen LogP contribution in [0.2, 0.25) is 0 Å². The molecule has 154 valence electrons. The first-order chi connectivity index (χ1) is 13.0. The van der Waals surface area contributed by atoms with Gasteiger partial charge in [0.25, 0.3) is 0 Å². The quantitative estimate of drug-likeness (QED) is 0.304. The highest BCUT2D eigenvalue weighted by atomic mass is 16.7. The van der Waals surface area contributed by atoms with E-state index in [4.69, 9.17) is 9.47 Å². The Balaban J connectivity index is 0.000000574. The van der Waals surface area contributed by atoms with E-state index in [1.54, 1.807) is 0 Å². The molecule has 1 aliphatic carbocycles. The number of carbonyl (C=O) groups excluding carboxylic acids is 1. The maximum Gasteiger partial charge on any atom is 0.154 e. The predicted molar refractivity (Wildman–Crippen MR) is 115 cm³/mol. The Kier molecular flexibility index (Phi) is 14.8. The summed E-state index contributed by atoms with van der Waals surface area (Å²) >= 11 is 0. The van der Waals surface area contributed by atoms with E-state index in [9.17, 15) is 4.79 Å². The van der Waals surface area contributed by atoms with Gasteiger partial charge in [0.15, 0.2) is 6.29 Å². The molecule has 0 amide bonds. The second-order valence-electron chi connectivity index (χ2n) is 6.98. The van der Waals surface area contributed by atoms with Crippen LogP contribution < -0.4 is 0 Å². The molecule has 1 aliphatic rings. The van der Waals surface area contributed by atoms with Crippen molar-refractivity contribution in [2.75, 3.05) is 13.2 Å². The van der Waals surface area contributed by atoms with Crippen LogP contribution in [0.4, 0.5) is 0 Å². The zero-order valence-corrected chi connectivity index (χ0v) is 18.1. The lowest BCUT2D eigenvalue weighted by Gasteiger charge is -2.34. The van der Waals surface area contributed by atoms with Crippen LogP contribution in [0, 0.1) is 11.8 Å². The first-order valence-corrected chi connectivity index (χ1v) is 10.3. The number of hydrogen-bond donors (Lipinski definition) is 0. The third-order valence-corrected chi connectivity index (χ3v) is 5.20. The summed E-state index contributed by atoms with van der Waals surface area (Å²) in [5.74, 6) is 2.18. The van der Waals surface area contributed by atoms with Gasteiger partial charge >= 0.3 is 0 Å². The monoisotopic (exact) mass is 376 g/mol. The van der Waals surface area contributed by atoms with Gasteiger partial charge in [0.05, 0.1) is 0 Å². The minimum absolute atomic E-state index is 0.0370. The fourth-order valence-electron chi connectivity index (χ4n) is 3.77. The van der Waals surface area contributed by atoms with E-state index in [1.807, 2.05) is 32.9 Å². The number of ether oxygens (including phenoxy) is 2. The highest BCUT2D eigenvalue weighted by Crippen LogP contribution is 2.39. The summed E-state index contributed by atoms with van der Waals surface area (Å²) in [5, 5.41) is 0. The average Bonchev–Trinajstić information content (AvgIpc) is 2.70. The number of carbonyl (C=O) groups is 1. The molecule has 1 fully saturated rings. The molecule has 3 heteroatoms. The van der Waals surface area contributed by atoms with Crippen molar-refractivity contribution >= 4 is 6.29 Å². The molecule has 0 radical (unpaired) electrons. The van der Waals surface area contributed by atoms with Crippen molar-refractivity contribution in [3.8, 4) is 0 Å². The van der Waals surface area contributed by atoms with Crippen molar-refractivity contribution < 1.29 is 14.3 Å². The van der Waals surface area contributed by atoms with Crippen molar-refractivity contribution in [2.24, 2.45) is 11.8 Å². The van der Waals surface area contributed by atoms with E-state index >= 15 is 0 Å². The lowest BCUT2D eigenvalue weighted by atomic mass is 9.72. The maximum atomic E-state index is 10.8. The third-order valence-electron chi connectivity index (χ3n) is 5.20. The molecule has 3 atom stereocenters. The van der Waals surface area contributed by atoms with Crippen LogP contribution in [0.15, 0.2) is 37.4 Å². The lowest BCUT2D eigenvalue weighted by molar-refractivity contribution is -0.123. The molecule has 0 N–H and O–H groups in total. The minimum Gasteiger partial charge on any atom is -0.353 e. The molecular formula is C24H40O3. The summed E-state index contributed by atoms with van der Waals surface area (Å²) in [4.78, 5) is 10.8. The summed E-state index contributed by atoms with van der Waals surface area (Å²) in [5.41, 5.74) is 2.13. The van der Waals surface area contributed by atoms with Gasteiger partial charge in [-0.3, -0.25) is 4.79 Å². The van der Waals surface area contributed by atoms with Crippen LogP contribution in [0.1, 0.15) is 82.1 Å². The minimum atomic E-state index is -0.0370. The zero-order valence-electron chi connectivity index (χ0n) is 18.1. The van der Waals surface area contributed by atoms with Crippen LogP contribution in [-0.4, -0.2) is 25.8 Å². The Morgan fingerprint density at radius 3 is 2.22 bits per heavy atom. The molecule has 2 rings (SSSR count). The van der Waals surface area contributed by atoms with Gasteiger partial charge in [-0.05, 0) is 56.6 Å². The number of hydrogen-bond acceptors (Lipinski definition) is 3. The molecule has 0 heterocycles. The first-order valence-electron chi connectivity index (χ1n) is 10.3. The molecule has 1 aromatic carbocycles. The number of rotatable bonds is 7. The highest BCUT2D eigenvalue weighted by molar-refractivity contribution is 5.75. The van der Waals surface area contributed by atoms with Crippen LogP contribution in [0.25, 0.3) is 0 Å². The molecule has 0 aliphatic heterocycles. The number of aldehydes is 1. The topological polar surface area (TPSA) is 35.5 Å². The fraction of sp³-hybridized carbons (Fsp3) is 0.625. The molecule has 0 aromatic heterocycles. The smallest absolute Gasteiger partial charge is 0.154 e. The van der Waals surface area contributed by atoms with E-state index in [2.05, 4.69) is 39.1 Å². The second kappa shape index (κ2) is 15.6. The van der Waals surface area contributed by atoms with Crippen molar-refractivity contribution in [1.29, 1.82) is 0 Å². The van der Waals surface area contributed by atoms with E-state index in [0.717, 1.165) is 36.9 Å². The fourth-order valence-corrected chi connectivity index (χ4v) is 3.77. The third kappa shape index (κ3) is 9.88. The summed E-state index contributed by atoms with van der Waals surface area (Å²) in [6.07, 6.45) is 6.37. The molecule has 0 bridgehead atoms. The standard InChI is InChI=1S/C16H22O.C6H14O2.C2H4/c1-12-6-3-4-9-16(12)13(2)15-8-5-7-14(10-15)11-17;1-4-7-6(3)8-5-2;1-2/h5,7-8,10-13,16H,3-4,6,9H2,1-2H3;6H,4-5H2,1-3H3;1-2H2. The maximum absolute atomic E-state index is 10.8. The van der Waals surface area contributed by atoms with Crippen LogP contribution in [0.5, 0.6) is 0 Å². The Morgan fingerprint density at radius 2 is 1.70 bits per heavy atom. The van der Waals surface area contributed by atoms with Gasteiger partial charge in [0.1, 0.15) is 6.29 Å². The van der Waals surface area contributed by atoms with Crippen molar-refractivity contribution in [3.63, 3.8) is 0 Å². The molecule has 1 saturated carbocycles. The molecule has 3 nitrogen and oxygen atoms in total. The Labute approximate surface area is 167 Å².